The summed E-state index contributed by atoms with van der Waals surface area (Å²) in [6.07, 6.45) is 12.3. The number of hydrogen-bond donors (Lipinski definition) is 1. The smallest absolute Gasteiger partial charge is 0.0697 e. The van der Waals surface area contributed by atoms with Crippen LogP contribution in [0.1, 0.15) is 57.8 Å². The molecule has 2 saturated carbocycles. The molecule has 108 valence electrons. The summed E-state index contributed by atoms with van der Waals surface area (Å²) >= 11 is 0. The van der Waals surface area contributed by atoms with Crippen LogP contribution in [0.5, 0.6) is 0 Å². The van der Waals surface area contributed by atoms with Crippen LogP contribution in [0.15, 0.2) is 0 Å². The van der Waals surface area contributed by atoms with E-state index in [4.69, 9.17) is 4.74 Å². The molecule has 0 amide bonds. The van der Waals surface area contributed by atoms with Crippen molar-refractivity contribution < 1.29 is 4.74 Å². The third-order valence-corrected chi connectivity index (χ3v) is 5.81. The van der Waals surface area contributed by atoms with Gasteiger partial charge < -0.3 is 10.1 Å². The van der Waals surface area contributed by atoms with Gasteiger partial charge in [-0.25, -0.2) is 0 Å². The Kier molecular flexibility index (Phi) is 3.33. The second-order valence-electron chi connectivity index (χ2n) is 7.25. The van der Waals surface area contributed by atoms with Gasteiger partial charge in [0.05, 0.1) is 5.60 Å². The molecule has 4 rings (SSSR count). The molecule has 0 radical (unpaired) electrons. The summed E-state index contributed by atoms with van der Waals surface area (Å²) in [5, 5.41) is 3.68. The topological polar surface area (TPSA) is 24.5 Å². The van der Waals surface area contributed by atoms with Crippen molar-refractivity contribution in [3.63, 3.8) is 0 Å². The quantitative estimate of drug-likeness (QED) is 0.843. The van der Waals surface area contributed by atoms with Gasteiger partial charge in [0, 0.05) is 31.3 Å². The second-order valence-corrected chi connectivity index (χ2v) is 7.25. The molecule has 0 bridgehead atoms. The van der Waals surface area contributed by atoms with Crippen molar-refractivity contribution in [2.24, 2.45) is 0 Å². The Bertz CT molecular complexity index is 319. The predicted octanol–water partition coefficient (Wildman–Crippen LogP) is 2.30. The Hall–Kier alpha value is -0.120. The molecule has 19 heavy (non-hydrogen) atoms. The summed E-state index contributed by atoms with van der Waals surface area (Å²) in [5.74, 6) is 0. The molecule has 2 aliphatic carbocycles. The zero-order valence-electron chi connectivity index (χ0n) is 12.1. The van der Waals surface area contributed by atoms with Gasteiger partial charge in [0.2, 0.25) is 0 Å². The molecule has 0 aromatic rings. The minimum Gasteiger partial charge on any atom is -0.375 e. The number of nitrogens with one attached hydrogen (secondary N) is 1. The maximum Gasteiger partial charge on any atom is 0.0697 e. The third kappa shape index (κ3) is 2.57. The molecule has 2 atom stereocenters. The lowest BCUT2D eigenvalue weighted by Crippen LogP contribution is -2.54. The summed E-state index contributed by atoms with van der Waals surface area (Å²) in [6, 6.07) is 2.48. The van der Waals surface area contributed by atoms with Crippen LogP contribution in [0.2, 0.25) is 0 Å². The molecule has 0 aromatic heterocycles. The van der Waals surface area contributed by atoms with Crippen LogP contribution in [0.25, 0.3) is 0 Å². The Labute approximate surface area is 117 Å². The van der Waals surface area contributed by atoms with Crippen molar-refractivity contribution in [3.8, 4) is 0 Å². The van der Waals surface area contributed by atoms with Crippen LogP contribution in [0.4, 0.5) is 0 Å². The summed E-state index contributed by atoms with van der Waals surface area (Å²) in [4.78, 5) is 2.87. The van der Waals surface area contributed by atoms with E-state index in [-0.39, 0.29) is 0 Å². The van der Waals surface area contributed by atoms with Crippen molar-refractivity contribution in [1.82, 2.24) is 10.2 Å². The van der Waals surface area contributed by atoms with Crippen molar-refractivity contribution in [2.45, 2.75) is 81.5 Å². The molecule has 2 aliphatic heterocycles. The first-order valence-corrected chi connectivity index (χ1v) is 8.48. The lowest BCUT2D eigenvalue weighted by atomic mass is 9.73. The molecule has 1 spiro atoms. The van der Waals surface area contributed by atoms with E-state index in [0.717, 1.165) is 24.7 Å². The highest BCUT2D eigenvalue weighted by atomic mass is 16.5. The van der Waals surface area contributed by atoms with Gasteiger partial charge in [0.25, 0.3) is 0 Å². The standard InChI is InChI=1S/C16H28N2O/c1-3-13(17-9-1)12-18(14-4-5-14)15-6-10-19-16(11-15)7-2-8-16/h13-15,17H,1-12H2. The van der Waals surface area contributed by atoms with Gasteiger partial charge in [0.15, 0.2) is 0 Å². The maximum atomic E-state index is 6.11. The van der Waals surface area contributed by atoms with Crippen LogP contribution in [0.3, 0.4) is 0 Å². The summed E-state index contributed by atoms with van der Waals surface area (Å²) < 4.78 is 6.11. The average molecular weight is 264 g/mol. The van der Waals surface area contributed by atoms with Gasteiger partial charge in [-0.05, 0) is 64.3 Å². The Morgan fingerprint density at radius 2 is 1.95 bits per heavy atom. The first kappa shape index (κ1) is 12.6. The van der Waals surface area contributed by atoms with E-state index in [2.05, 4.69) is 10.2 Å². The van der Waals surface area contributed by atoms with Gasteiger partial charge in [-0.3, -0.25) is 4.90 Å². The van der Waals surface area contributed by atoms with Crippen molar-refractivity contribution in [2.75, 3.05) is 19.7 Å². The lowest BCUT2D eigenvalue weighted by Gasteiger charge is -2.50. The molecular weight excluding hydrogens is 236 g/mol. The summed E-state index contributed by atoms with van der Waals surface area (Å²) in [6.45, 7) is 3.54. The zero-order chi connectivity index (χ0) is 12.7. The number of hydrogen-bond acceptors (Lipinski definition) is 3. The first-order chi connectivity index (χ1) is 9.35. The molecule has 4 aliphatic rings. The van der Waals surface area contributed by atoms with Crippen LogP contribution in [-0.2, 0) is 4.74 Å². The summed E-state index contributed by atoms with van der Waals surface area (Å²) in [7, 11) is 0. The van der Waals surface area contributed by atoms with E-state index >= 15 is 0 Å². The largest absolute Gasteiger partial charge is 0.375 e. The number of rotatable bonds is 4. The van der Waals surface area contributed by atoms with Gasteiger partial charge in [-0.2, -0.15) is 0 Å². The molecule has 2 saturated heterocycles. The molecule has 3 nitrogen and oxygen atoms in total. The van der Waals surface area contributed by atoms with Crippen LogP contribution in [-0.4, -0.2) is 48.3 Å². The molecule has 2 heterocycles. The minimum atomic E-state index is 0.305. The molecule has 0 aromatic carbocycles. The second kappa shape index (κ2) is 5.01. The molecular formula is C16H28N2O. The lowest BCUT2D eigenvalue weighted by molar-refractivity contribution is -0.149. The zero-order valence-corrected chi connectivity index (χ0v) is 12.1. The van der Waals surface area contributed by atoms with Crippen molar-refractivity contribution >= 4 is 0 Å². The van der Waals surface area contributed by atoms with Crippen LogP contribution < -0.4 is 5.32 Å². The van der Waals surface area contributed by atoms with Gasteiger partial charge in [-0.15, -0.1) is 0 Å². The average Bonchev–Trinajstić information content (AvgIpc) is 3.11. The Morgan fingerprint density at radius 3 is 2.58 bits per heavy atom. The van der Waals surface area contributed by atoms with Crippen molar-refractivity contribution in [3.05, 3.63) is 0 Å². The van der Waals surface area contributed by atoms with Gasteiger partial charge in [0.1, 0.15) is 0 Å². The van der Waals surface area contributed by atoms with E-state index < -0.39 is 0 Å². The van der Waals surface area contributed by atoms with Crippen LogP contribution >= 0.6 is 0 Å². The Morgan fingerprint density at radius 1 is 1.05 bits per heavy atom. The van der Waals surface area contributed by atoms with E-state index in [1.54, 1.807) is 0 Å². The molecule has 1 N–H and O–H groups in total. The van der Waals surface area contributed by atoms with E-state index in [1.165, 1.54) is 70.9 Å². The SMILES string of the molecule is C1CNC(CN(C2CC2)C2CCOC3(CCC3)C2)C1. The fraction of sp³-hybridized carbons (Fsp3) is 1.00. The van der Waals surface area contributed by atoms with Crippen LogP contribution in [0, 0.1) is 0 Å². The molecule has 4 fully saturated rings. The third-order valence-electron chi connectivity index (χ3n) is 5.81. The van der Waals surface area contributed by atoms with E-state index in [1.807, 2.05) is 0 Å². The van der Waals surface area contributed by atoms with E-state index in [9.17, 15) is 0 Å². The normalized spacial score (nSPS) is 37.7. The van der Waals surface area contributed by atoms with E-state index in [0.29, 0.717) is 5.60 Å². The monoisotopic (exact) mass is 264 g/mol. The number of ether oxygens (including phenoxy) is 1. The fourth-order valence-corrected chi connectivity index (χ4v) is 4.37. The Balaban J connectivity index is 1.41. The summed E-state index contributed by atoms with van der Waals surface area (Å²) in [5.41, 5.74) is 0.305. The van der Waals surface area contributed by atoms with Crippen molar-refractivity contribution in [1.29, 1.82) is 0 Å². The number of nitrogens with zero attached hydrogens (tertiary/aromatic N) is 1. The molecule has 3 heteroatoms. The van der Waals surface area contributed by atoms with Gasteiger partial charge in [-0.1, -0.05) is 0 Å². The minimum absolute atomic E-state index is 0.305. The highest BCUT2D eigenvalue weighted by Gasteiger charge is 2.46. The van der Waals surface area contributed by atoms with Gasteiger partial charge >= 0.3 is 0 Å². The first-order valence-electron chi connectivity index (χ1n) is 8.48. The predicted molar refractivity (Wildman–Crippen MR) is 76.3 cm³/mol. The maximum absolute atomic E-state index is 6.11. The highest BCUT2D eigenvalue weighted by molar-refractivity contribution is 5.00. The fourth-order valence-electron chi connectivity index (χ4n) is 4.37. The highest BCUT2D eigenvalue weighted by Crippen LogP contribution is 2.45. The molecule has 2 unspecified atom stereocenters.